The zero-order chi connectivity index (χ0) is 20.1. The molecule has 0 radical (unpaired) electrons. The quantitative estimate of drug-likeness (QED) is 0.629. The monoisotopic (exact) mass is 379 g/mol. The van der Waals surface area contributed by atoms with E-state index in [4.69, 9.17) is 9.15 Å². The van der Waals surface area contributed by atoms with Gasteiger partial charge in [0.15, 0.2) is 6.61 Å². The molecular weight excluding hydrogens is 354 g/mol. The summed E-state index contributed by atoms with van der Waals surface area (Å²) in [5, 5.41) is 3.71. The van der Waals surface area contributed by atoms with Gasteiger partial charge in [0, 0.05) is 17.5 Å². The number of benzene rings is 2. The Kier molecular flexibility index (Phi) is 6.14. The maximum Gasteiger partial charge on any atom is 0.310 e. The second-order valence-corrected chi connectivity index (χ2v) is 7.15. The van der Waals surface area contributed by atoms with Crippen LogP contribution in [0, 0.1) is 13.8 Å². The molecule has 0 bridgehead atoms. The molecule has 0 unspecified atom stereocenters. The van der Waals surface area contributed by atoms with Crippen LogP contribution >= 0.6 is 0 Å². The van der Waals surface area contributed by atoms with Gasteiger partial charge in [-0.2, -0.15) is 0 Å². The van der Waals surface area contributed by atoms with E-state index in [0.29, 0.717) is 6.54 Å². The summed E-state index contributed by atoms with van der Waals surface area (Å²) in [7, 11) is 0. The summed E-state index contributed by atoms with van der Waals surface area (Å²) >= 11 is 0. The molecule has 28 heavy (non-hydrogen) atoms. The van der Waals surface area contributed by atoms with Gasteiger partial charge in [-0.15, -0.1) is 0 Å². The lowest BCUT2D eigenvalue weighted by Crippen LogP contribution is -2.31. The zero-order valence-electron chi connectivity index (χ0n) is 16.5. The smallest absolute Gasteiger partial charge is 0.310 e. The molecule has 0 aliphatic heterocycles. The van der Waals surface area contributed by atoms with E-state index in [9.17, 15) is 9.59 Å². The Morgan fingerprint density at radius 1 is 1.11 bits per heavy atom. The van der Waals surface area contributed by atoms with Crippen LogP contribution in [0.3, 0.4) is 0 Å². The molecule has 1 heterocycles. The number of furan rings is 1. The molecule has 0 saturated carbocycles. The molecule has 0 aliphatic rings. The molecule has 1 atom stereocenters. The summed E-state index contributed by atoms with van der Waals surface area (Å²) in [4.78, 5) is 24.1. The Bertz CT molecular complexity index is 975. The topological polar surface area (TPSA) is 68.5 Å². The van der Waals surface area contributed by atoms with Crippen molar-refractivity contribution in [2.75, 3.05) is 13.2 Å². The Hall–Kier alpha value is -3.08. The van der Waals surface area contributed by atoms with Crippen molar-refractivity contribution in [3.05, 3.63) is 71.0 Å². The number of fused-ring (bicyclic) bond motifs is 1. The fraction of sp³-hybridized carbons (Fsp3) is 0.304. The van der Waals surface area contributed by atoms with Gasteiger partial charge in [0.05, 0.1) is 12.7 Å². The minimum absolute atomic E-state index is 0.0726. The van der Waals surface area contributed by atoms with E-state index in [2.05, 4.69) is 5.32 Å². The van der Waals surface area contributed by atoms with E-state index in [0.717, 1.165) is 33.2 Å². The van der Waals surface area contributed by atoms with Gasteiger partial charge in [0.2, 0.25) is 0 Å². The van der Waals surface area contributed by atoms with Gasteiger partial charge in [-0.05, 0) is 48.6 Å². The molecule has 0 saturated heterocycles. The minimum Gasteiger partial charge on any atom is -0.464 e. The van der Waals surface area contributed by atoms with E-state index >= 15 is 0 Å². The molecule has 2 aromatic carbocycles. The largest absolute Gasteiger partial charge is 0.464 e. The number of hydrogen-bond donors (Lipinski definition) is 1. The van der Waals surface area contributed by atoms with Crippen molar-refractivity contribution >= 4 is 22.8 Å². The molecular formula is C23H25NO4. The van der Waals surface area contributed by atoms with Crippen LogP contribution in [0.1, 0.15) is 35.1 Å². The van der Waals surface area contributed by atoms with Crippen molar-refractivity contribution in [1.82, 2.24) is 5.32 Å². The standard InChI is InChI=1S/C23H25NO4/c1-15-9-20-19(13-27-21(20)10-16(15)2)11-23(26)28-14-22(25)24-12-17(3)18-7-5-4-6-8-18/h4-10,13,17H,11-12,14H2,1-3H3,(H,24,25)/t17-/m1/s1. The Balaban J connectivity index is 1.48. The van der Waals surface area contributed by atoms with Crippen LogP contribution < -0.4 is 5.32 Å². The van der Waals surface area contributed by atoms with Gasteiger partial charge in [0.25, 0.3) is 5.91 Å². The second-order valence-electron chi connectivity index (χ2n) is 7.15. The van der Waals surface area contributed by atoms with E-state index in [1.807, 2.05) is 63.2 Å². The normalized spacial score (nSPS) is 12.0. The van der Waals surface area contributed by atoms with Gasteiger partial charge < -0.3 is 14.5 Å². The van der Waals surface area contributed by atoms with Crippen molar-refractivity contribution in [3.8, 4) is 0 Å². The number of carbonyl (C=O) groups is 2. The van der Waals surface area contributed by atoms with E-state index in [1.54, 1.807) is 6.26 Å². The summed E-state index contributed by atoms with van der Waals surface area (Å²) < 4.78 is 10.7. The first-order valence-corrected chi connectivity index (χ1v) is 9.38. The molecule has 3 rings (SSSR count). The van der Waals surface area contributed by atoms with E-state index < -0.39 is 5.97 Å². The number of carbonyl (C=O) groups excluding carboxylic acids is 2. The Morgan fingerprint density at radius 3 is 2.57 bits per heavy atom. The van der Waals surface area contributed by atoms with Crippen LogP contribution in [-0.4, -0.2) is 25.0 Å². The van der Waals surface area contributed by atoms with Gasteiger partial charge in [-0.3, -0.25) is 9.59 Å². The molecule has 1 amide bonds. The molecule has 0 fully saturated rings. The van der Waals surface area contributed by atoms with Crippen molar-refractivity contribution in [3.63, 3.8) is 0 Å². The predicted octanol–water partition coefficient (Wildman–Crippen LogP) is 4.06. The first kappa shape index (κ1) is 19.7. The molecule has 5 heteroatoms. The number of aryl methyl sites for hydroxylation is 2. The fourth-order valence-corrected chi connectivity index (χ4v) is 3.04. The predicted molar refractivity (Wildman–Crippen MR) is 108 cm³/mol. The maximum atomic E-state index is 12.1. The van der Waals surface area contributed by atoms with Crippen LogP contribution in [0.25, 0.3) is 11.0 Å². The molecule has 0 spiro atoms. The van der Waals surface area contributed by atoms with Crippen molar-refractivity contribution in [2.24, 2.45) is 0 Å². The highest BCUT2D eigenvalue weighted by molar-refractivity contribution is 5.87. The highest BCUT2D eigenvalue weighted by Gasteiger charge is 2.14. The zero-order valence-corrected chi connectivity index (χ0v) is 16.5. The third kappa shape index (κ3) is 4.80. The summed E-state index contributed by atoms with van der Waals surface area (Å²) in [6.45, 7) is 6.28. The van der Waals surface area contributed by atoms with Crippen molar-refractivity contribution < 1.29 is 18.7 Å². The third-order valence-corrected chi connectivity index (χ3v) is 4.94. The Morgan fingerprint density at radius 2 is 1.82 bits per heavy atom. The van der Waals surface area contributed by atoms with Gasteiger partial charge in [-0.1, -0.05) is 37.3 Å². The number of rotatable bonds is 7. The van der Waals surface area contributed by atoms with Gasteiger partial charge in [-0.25, -0.2) is 0 Å². The highest BCUT2D eigenvalue weighted by atomic mass is 16.5. The molecule has 5 nitrogen and oxygen atoms in total. The van der Waals surface area contributed by atoms with Crippen LogP contribution in [0.2, 0.25) is 0 Å². The van der Waals surface area contributed by atoms with Crippen LogP contribution in [0.15, 0.2) is 53.1 Å². The summed E-state index contributed by atoms with van der Waals surface area (Å²) in [6.07, 6.45) is 1.65. The van der Waals surface area contributed by atoms with Crippen molar-refractivity contribution in [1.29, 1.82) is 0 Å². The number of amides is 1. The minimum atomic E-state index is -0.452. The number of hydrogen-bond acceptors (Lipinski definition) is 4. The average Bonchev–Trinajstić information content (AvgIpc) is 3.07. The molecule has 146 valence electrons. The van der Waals surface area contributed by atoms with Gasteiger partial charge in [0.1, 0.15) is 5.58 Å². The number of ether oxygens (including phenoxy) is 1. The lowest BCUT2D eigenvalue weighted by Gasteiger charge is -2.13. The van der Waals surface area contributed by atoms with Crippen LogP contribution in [-0.2, 0) is 20.7 Å². The number of esters is 1. The third-order valence-electron chi connectivity index (χ3n) is 4.94. The maximum absolute atomic E-state index is 12.1. The first-order chi connectivity index (χ1) is 13.4. The Labute approximate surface area is 164 Å². The molecule has 3 aromatic rings. The van der Waals surface area contributed by atoms with Crippen molar-refractivity contribution in [2.45, 2.75) is 33.1 Å². The second kappa shape index (κ2) is 8.74. The highest BCUT2D eigenvalue weighted by Crippen LogP contribution is 2.25. The summed E-state index contributed by atoms with van der Waals surface area (Å²) in [5.41, 5.74) is 4.93. The van der Waals surface area contributed by atoms with E-state index in [1.165, 1.54) is 0 Å². The van der Waals surface area contributed by atoms with Gasteiger partial charge >= 0.3 is 5.97 Å². The lowest BCUT2D eigenvalue weighted by atomic mass is 10.0. The first-order valence-electron chi connectivity index (χ1n) is 9.38. The molecule has 1 N–H and O–H groups in total. The van der Waals surface area contributed by atoms with Crippen LogP contribution in [0.5, 0.6) is 0 Å². The summed E-state index contributed by atoms with van der Waals surface area (Å²) in [5.74, 6) is -0.573. The van der Waals surface area contributed by atoms with E-state index in [-0.39, 0.29) is 24.9 Å². The fourth-order valence-electron chi connectivity index (χ4n) is 3.04. The SMILES string of the molecule is Cc1cc2occ(CC(=O)OCC(=O)NC[C@@H](C)c3ccccc3)c2cc1C. The average molecular weight is 379 g/mol. The molecule has 1 aromatic heterocycles. The number of nitrogens with one attached hydrogen (secondary N) is 1. The lowest BCUT2D eigenvalue weighted by molar-refractivity contribution is -0.147. The molecule has 0 aliphatic carbocycles. The van der Waals surface area contributed by atoms with Crippen LogP contribution in [0.4, 0.5) is 0 Å². The summed E-state index contributed by atoms with van der Waals surface area (Å²) in [6, 6.07) is 13.9.